The Morgan fingerprint density at radius 2 is 1.58 bits per heavy atom. The van der Waals surface area contributed by atoms with E-state index in [0.29, 0.717) is 11.8 Å². The van der Waals surface area contributed by atoms with Crippen molar-refractivity contribution < 1.29 is 13.2 Å². The third kappa shape index (κ3) is 6.71. The van der Waals surface area contributed by atoms with Crippen LogP contribution in [0.3, 0.4) is 0 Å². The summed E-state index contributed by atoms with van der Waals surface area (Å²) in [6, 6.07) is 4.99. The van der Waals surface area contributed by atoms with Crippen molar-refractivity contribution in [3.8, 4) is 0 Å². The lowest BCUT2D eigenvalue weighted by Gasteiger charge is -2.43. The normalized spacial score (nSPS) is 22.7. The van der Waals surface area contributed by atoms with E-state index in [1.807, 2.05) is 0 Å². The minimum absolute atomic E-state index is 0.238. The van der Waals surface area contributed by atoms with E-state index in [2.05, 4.69) is 51.7 Å². The van der Waals surface area contributed by atoms with Gasteiger partial charge in [-0.05, 0) is 97.4 Å². The zero-order valence-electron chi connectivity index (χ0n) is 21.1. The van der Waals surface area contributed by atoms with E-state index in [0.717, 1.165) is 45.1 Å². The van der Waals surface area contributed by atoms with Crippen molar-refractivity contribution in [1.82, 2.24) is 0 Å². The molecule has 0 bridgehead atoms. The van der Waals surface area contributed by atoms with Crippen molar-refractivity contribution in [2.75, 3.05) is 17.2 Å². The van der Waals surface area contributed by atoms with Gasteiger partial charge >= 0.3 is 0 Å². The number of aryl methyl sites for hydroxylation is 1. The SMILES string of the molecule is Cc1c(CCCCCCCS(=O)(=O)C(C)(C)C)ccc(N2C[C@H](C)O[C@H](C)C2C)c1C. The molecule has 0 saturated carbocycles. The number of ether oxygens (including phenoxy) is 1. The molecule has 0 aliphatic carbocycles. The Kier molecular flexibility index (Phi) is 9.04. The topological polar surface area (TPSA) is 46.6 Å². The first-order chi connectivity index (χ1) is 14.3. The summed E-state index contributed by atoms with van der Waals surface area (Å²) in [4.78, 5) is 2.51. The quantitative estimate of drug-likeness (QED) is 0.431. The van der Waals surface area contributed by atoms with Gasteiger partial charge in [0.25, 0.3) is 0 Å². The number of unbranched alkanes of at least 4 members (excludes halogenated alkanes) is 4. The maximum Gasteiger partial charge on any atom is 0.155 e. The second-order valence-electron chi connectivity index (χ2n) is 10.5. The van der Waals surface area contributed by atoms with E-state index in [1.54, 1.807) is 20.8 Å². The molecule has 1 aliphatic rings. The molecular weight excluding hydrogens is 406 g/mol. The Labute approximate surface area is 191 Å². The third-order valence-electron chi connectivity index (χ3n) is 7.04. The van der Waals surface area contributed by atoms with E-state index < -0.39 is 14.6 Å². The lowest BCUT2D eigenvalue weighted by Crippen LogP contribution is -2.52. The molecule has 4 nitrogen and oxygen atoms in total. The summed E-state index contributed by atoms with van der Waals surface area (Å²) in [5.74, 6) is 0.313. The summed E-state index contributed by atoms with van der Waals surface area (Å²) in [5, 5.41) is 0. The maximum atomic E-state index is 12.2. The first-order valence-electron chi connectivity index (χ1n) is 12.1. The summed E-state index contributed by atoms with van der Waals surface area (Å²) in [5.41, 5.74) is 5.58. The molecule has 1 aromatic rings. The van der Waals surface area contributed by atoms with E-state index in [1.165, 1.54) is 22.4 Å². The van der Waals surface area contributed by atoms with Crippen LogP contribution < -0.4 is 4.90 Å². The molecule has 1 heterocycles. The van der Waals surface area contributed by atoms with E-state index in [-0.39, 0.29) is 12.2 Å². The molecule has 0 amide bonds. The number of sulfone groups is 1. The molecule has 1 aromatic carbocycles. The van der Waals surface area contributed by atoms with Crippen LogP contribution in [0.5, 0.6) is 0 Å². The fourth-order valence-corrected chi connectivity index (χ4v) is 5.62. The third-order valence-corrected chi connectivity index (χ3v) is 9.74. The Balaban J connectivity index is 1.84. The van der Waals surface area contributed by atoms with Gasteiger partial charge in [0, 0.05) is 12.2 Å². The van der Waals surface area contributed by atoms with Gasteiger partial charge in [-0.1, -0.05) is 25.3 Å². The van der Waals surface area contributed by atoms with Crippen LogP contribution in [0.1, 0.15) is 90.3 Å². The van der Waals surface area contributed by atoms with E-state index in [4.69, 9.17) is 4.74 Å². The minimum Gasteiger partial charge on any atom is -0.372 e. The largest absolute Gasteiger partial charge is 0.372 e. The van der Waals surface area contributed by atoms with Crippen LogP contribution >= 0.6 is 0 Å². The summed E-state index contributed by atoms with van der Waals surface area (Å²) in [7, 11) is -2.98. The standard InChI is InChI=1S/C26H45NO3S/c1-19-18-27(22(4)23(5)30-19)25-16-15-24(20(2)21(25)3)14-12-10-9-11-13-17-31(28,29)26(6,7)8/h15-16,19,22-23H,9-14,17-18H2,1-8H3/t19-,22?,23+/m0/s1. The molecule has 2 rings (SSSR count). The minimum atomic E-state index is -2.98. The first-order valence-corrected chi connectivity index (χ1v) is 13.7. The molecule has 5 heteroatoms. The number of anilines is 1. The summed E-state index contributed by atoms with van der Waals surface area (Å²) >= 11 is 0. The van der Waals surface area contributed by atoms with Crippen molar-refractivity contribution in [3.05, 3.63) is 28.8 Å². The van der Waals surface area contributed by atoms with Crippen LogP contribution in [0.25, 0.3) is 0 Å². The second kappa shape index (κ2) is 10.7. The molecule has 0 aromatic heterocycles. The van der Waals surface area contributed by atoms with Crippen molar-refractivity contribution in [2.45, 2.75) is 117 Å². The average Bonchev–Trinajstić information content (AvgIpc) is 2.66. The molecule has 0 radical (unpaired) electrons. The number of nitrogens with zero attached hydrogens (tertiary/aromatic N) is 1. The average molecular weight is 452 g/mol. The van der Waals surface area contributed by atoms with Crippen LogP contribution in [0.4, 0.5) is 5.69 Å². The molecule has 3 atom stereocenters. The Bertz CT molecular complexity index is 826. The van der Waals surface area contributed by atoms with Crippen LogP contribution in [-0.4, -0.2) is 43.7 Å². The van der Waals surface area contributed by atoms with Crippen LogP contribution in [-0.2, 0) is 21.0 Å². The van der Waals surface area contributed by atoms with Gasteiger partial charge in [0.2, 0.25) is 0 Å². The zero-order valence-corrected chi connectivity index (χ0v) is 21.9. The molecule has 178 valence electrons. The molecule has 31 heavy (non-hydrogen) atoms. The number of rotatable bonds is 9. The first kappa shape index (κ1) is 26.2. The highest BCUT2D eigenvalue weighted by Gasteiger charge is 2.31. The predicted molar refractivity (Wildman–Crippen MR) is 133 cm³/mol. The molecule has 0 N–H and O–H groups in total. The molecule has 0 spiro atoms. The Morgan fingerprint density at radius 1 is 0.968 bits per heavy atom. The van der Waals surface area contributed by atoms with Crippen molar-refractivity contribution in [3.63, 3.8) is 0 Å². The number of hydrogen-bond acceptors (Lipinski definition) is 4. The monoisotopic (exact) mass is 451 g/mol. The Morgan fingerprint density at radius 3 is 2.23 bits per heavy atom. The second-order valence-corrected chi connectivity index (χ2v) is 13.4. The van der Waals surface area contributed by atoms with Crippen LogP contribution in [0.2, 0.25) is 0 Å². The van der Waals surface area contributed by atoms with Crippen molar-refractivity contribution in [2.24, 2.45) is 0 Å². The van der Waals surface area contributed by atoms with Crippen LogP contribution in [0.15, 0.2) is 12.1 Å². The van der Waals surface area contributed by atoms with E-state index >= 15 is 0 Å². The van der Waals surface area contributed by atoms with Gasteiger partial charge in [0.1, 0.15) is 0 Å². The highest BCUT2D eigenvalue weighted by atomic mass is 32.2. The van der Waals surface area contributed by atoms with Crippen LogP contribution in [0, 0.1) is 13.8 Å². The summed E-state index contributed by atoms with van der Waals surface area (Å²) in [6.07, 6.45) is 6.79. The number of hydrogen-bond donors (Lipinski definition) is 0. The fourth-order valence-electron chi connectivity index (χ4n) is 4.43. The Hall–Kier alpha value is -1.07. The smallest absolute Gasteiger partial charge is 0.155 e. The van der Waals surface area contributed by atoms with Gasteiger partial charge < -0.3 is 9.64 Å². The fraction of sp³-hybridized carbons (Fsp3) is 0.769. The number of morpholine rings is 1. The molecule has 1 aliphatic heterocycles. The van der Waals surface area contributed by atoms with Gasteiger partial charge in [-0.15, -0.1) is 0 Å². The lowest BCUT2D eigenvalue weighted by atomic mass is 9.95. The lowest BCUT2D eigenvalue weighted by molar-refractivity contribution is -0.0258. The van der Waals surface area contributed by atoms with Crippen molar-refractivity contribution in [1.29, 1.82) is 0 Å². The van der Waals surface area contributed by atoms with Crippen molar-refractivity contribution >= 4 is 15.5 Å². The maximum absolute atomic E-state index is 12.2. The van der Waals surface area contributed by atoms with Gasteiger partial charge in [0.15, 0.2) is 9.84 Å². The molecular formula is C26H45NO3S. The van der Waals surface area contributed by atoms with E-state index in [9.17, 15) is 8.42 Å². The molecule has 1 saturated heterocycles. The van der Waals surface area contributed by atoms with Gasteiger partial charge in [-0.3, -0.25) is 0 Å². The highest BCUT2D eigenvalue weighted by Crippen LogP contribution is 2.31. The van der Waals surface area contributed by atoms with Gasteiger partial charge in [-0.2, -0.15) is 0 Å². The highest BCUT2D eigenvalue weighted by molar-refractivity contribution is 7.92. The summed E-state index contributed by atoms with van der Waals surface area (Å²) in [6.45, 7) is 17.4. The van der Waals surface area contributed by atoms with Gasteiger partial charge in [0.05, 0.1) is 28.7 Å². The molecule has 1 fully saturated rings. The predicted octanol–water partition coefficient (Wildman–Crippen LogP) is 6.01. The molecule has 1 unspecified atom stereocenters. The number of benzene rings is 1. The zero-order chi connectivity index (χ0) is 23.4. The van der Waals surface area contributed by atoms with Gasteiger partial charge in [-0.25, -0.2) is 8.42 Å². The summed E-state index contributed by atoms with van der Waals surface area (Å²) < 4.78 is 29.7.